The molecule has 0 amide bonds. The van der Waals surface area contributed by atoms with E-state index >= 15 is 0 Å². The van der Waals surface area contributed by atoms with Gasteiger partial charge in [0.05, 0.1) is 0 Å². The van der Waals surface area contributed by atoms with Gasteiger partial charge in [0.15, 0.2) is 0 Å². The summed E-state index contributed by atoms with van der Waals surface area (Å²) in [6.45, 7) is 4.49. The van der Waals surface area contributed by atoms with E-state index in [9.17, 15) is 0 Å². The van der Waals surface area contributed by atoms with Crippen LogP contribution in [0.15, 0.2) is 34.8 Å². The molecule has 5 heteroatoms. The van der Waals surface area contributed by atoms with Gasteiger partial charge in [0.25, 0.3) is 0 Å². The predicted molar refractivity (Wildman–Crippen MR) is 79.0 cm³/mol. The number of anilines is 1. The maximum absolute atomic E-state index is 5.75. The van der Waals surface area contributed by atoms with E-state index in [1.165, 1.54) is 0 Å². The topological polar surface area (TPSA) is 61.0 Å². The van der Waals surface area contributed by atoms with Crippen LogP contribution in [0, 0.1) is 0 Å². The highest BCUT2D eigenvalue weighted by molar-refractivity contribution is 9.10. The molecule has 2 N–H and O–H groups in total. The van der Waals surface area contributed by atoms with Crippen LogP contribution in [0.5, 0.6) is 5.88 Å². The number of ether oxygens (including phenoxy) is 1. The summed E-state index contributed by atoms with van der Waals surface area (Å²) in [5.41, 5.74) is 6.82. The van der Waals surface area contributed by atoms with E-state index in [0.717, 1.165) is 10.0 Å². The van der Waals surface area contributed by atoms with Gasteiger partial charge in [-0.2, -0.15) is 4.98 Å². The summed E-state index contributed by atoms with van der Waals surface area (Å²) in [7, 11) is 0. The maximum atomic E-state index is 5.75. The third-order valence-corrected chi connectivity index (χ3v) is 3.03. The summed E-state index contributed by atoms with van der Waals surface area (Å²) in [5.74, 6) is 1.86. The Labute approximate surface area is 121 Å². The zero-order chi connectivity index (χ0) is 13.8. The first-order valence-corrected chi connectivity index (χ1v) is 6.85. The molecule has 0 fully saturated rings. The SMILES string of the molecule is CC(C)c1nc(N)cc(OCc2cccc(Br)c2)n1. The maximum Gasteiger partial charge on any atom is 0.219 e. The fourth-order valence-corrected chi connectivity index (χ4v) is 2.02. The van der Waals surface area contributed by atoms with E-state index in [1.807, 2.05) is 38.1 Å². The first-order chi connectivity index (χ1) is 9.04. The van der Waals surface area contributed by atoms with Crippen molar-refractivity contribution in [3.05, 3.63) is 46.2 Å². The molecule has 2 aromatic rings. The monoisotopic (exact) mass is 321 g/mol. The van der Waals surface area contributed by atoms with Crippen LogP contribution < -0.4 is 10.5 Å². The summed E-state index contributed by atoms with van der Waals surface area (Å²) in [4.78, 5) is 8.53. The molecule has 0 atom stereocenters. The van der Waals surface area contributed by atoms with Crippen LogP contribution in [0.2, 0.25) is 0 Å². The first kappa shape index (κ1) is 13.8. The lowest BCUT2D eigenvalue weighted by Gasteiger charge is -2.09. The van der Waals surface area contributed by atoms with Crippen LogP contribution in [0.3, 0.4) is 0 Å². The normalized spacial score (nSPS) is 10.7. The van der Waals surface area contributed by atoms with Crippen LogP contribution in [-0.2, 0) is 6.61 Å². The van der Waals surface area contributed by atoms with Gasteiger partial charge in [0.2, 0.25) is 5.88 Å². The summed E-state index contributed by atoms with van der Waals surface area (Å²) in [6.07, 6.45) is 0. The molecule has 1 heterocycles. The Balaban J connectivity index is 2.11. The van der Waals surface area contributed by atoms with Gasteiger partial charge in [-0.1, -0.05) is 41.9 Å². The van der Waals surface area contributed by atoms with Crippen molar-refractivity contribution < 1.29 is 4.74 Å². The van der Waals surface area contributed by atoms with Crippen molar-refractivity contribution in [3.63, 3.8) is 0 Å². The van der Waals surface area contributed by atoms with Gasteiger partial charge in [0, 0.05) is 16.5 Å². The van der Waals surface area contributed by atoms with Gasteiger partial charge in [-0.25, -0.2) is 4.98 Å². The number of rotatable bonds is 4. The van der Waals surface area contributed by atoms with Gasteiger partial charge in [0.1, 0.15) is 18.2 Å². The highest BCUT2D eigenvalue weighted by atomic mass is 79.9. The van der Waals surface area contributed by atoms with Gasteiger partial charge in [-0.15, -0.1) is 0 Å². The Morgan fingerprint density at radius 3 is 2.74 bits per heavy atom. The molecule has 0 saturated carbocycles. The van der Waals surface area contributed by atoms with E-state index in [2.05, 4.69) is 25.9 Å². The Kier molecular flexibility index (Phi) is 4.37. The summed E-state index contributed by atoms with van der Waals surface area (Å²) < 4.78 is 6.69. The molecular weight excluding hydrogens is 306 g/mol. The third kappa shape index (κ3) is 3.92. The fraction of sp³-hybridized carbons (Fsp3) is 0.286. The molecule has 19 heavy (non-hydrogen) atoms. The molecule has 4 nitrogen and oxygen atoms in total. The summed E-state index contributed by atoms with van der Waals surface area (Å²) in [5, 5.41) is 0. The lowest BCUT2D eigenvalue weighted by Crippen LogP contribution is -2.05. The molecule has 0 bridgehead atoms. The number of hydrogen-bond acceptors (Lipinski definition) is 4. The lowest BCUT2D eigenvalue weighted by molar-refractivity contribution is 0.292. The van der Waals surface area contributed by atoms with Crippen molar-refractivity contribution in [3.8, 4) is 5.88 Å². The molecule has 0 unspecified atom stereocenters. The van der Waals surface area contributed by atoms with Crippen LogP contribution in [0.25, 0.3) is 0 Å². The second kappa shape index (κ2) is 6.02. The fourth-order valence-electron chi connectivity index (χ4n) is 1.58. The van der Waals surface area contributed by atoms with E-state index in [1.54, 1.807) is 6.07 Å². The molecule has 2 rings (SSSR count). The zero-order valence-electron chi connectivity index (χ0n) is 10.9. The van der Waals surface area contributed by atoms with Crippen molar-refractivity contribution in [2.75, 3.05) is 5.73 Å². The Morgan fingerprint density at radius 2 is 2.05 bits per heavy atom. The summed E-state index contributed by atoms with van der Waals surface area (Å²) in [6, 6.07) is 9.59. The number of benzene rings is 1. The molecule has 100 valence electrons. The Morgan fingerprint density at radius 1 is 1.26 bits per heavy atom. The average Bonchev–Trinajstić information content (AvgIpc) is 2.36. The highest BCUT2D eigenvalue weighted by Gasteiger charge is 2.07. The number of nitrogen functional groups attached to an aromatic ring is 1. The van der Waals surface area contributed by atoms with Crippen LogP contribution in [0.1, 0.15) is 31.2 Å². The Hall–Kier alpha value is -1.62. The van der Waals surface area contributed by atoms with E-state index in [4.69, 9.17) is 10.5 Å². The molecule has 0 spiro atoms. The molecule has 1 aromatic heterocycles. The number of aromatic nitrogens is 2. The van der Waals surface area contributed by atoms with Gasteiger partial charge < -0.3 is 10.5 Å². The largest absolute Gasteiger partial charge is 0.473 e. The highest BCUT2D eigenvalue weighted by Crippen LogP contribution is 2.18. The van der Waals surface area contributed by atoms with Crippen molar-refractivity contribution in [1.29, 1.82) is 0 Å². The number of hydrogen-bond donors (Lipinski definition) is 1. The first-order valence-electron chi connectivity index (χ1n) is 6.06. The minimum Gasteiger partial charge on any atom is -0.473 e. The zero-order valence-corrected chi connectivity index (χ0v) is 12.5. The van der Waals surface area contributed by atoms with Gasteiger partial charge in [-0.05, 0) is 17.7 Å². The molecule has 0 aliphatic heterocycles. The number of nitrogens with zero attached hydrogens (tertiary/aromatic N) is 2. The molecule has 0 saturated heterocycles. The number of nitrogens with two attached hydrogens (primary N) is 1. The average molecular weight is 322 g/mol. The van der Waals surface area contributed by atoms with E-state index < -0.39 is 0 Å². The van der Waals surface area contributed by atoms with Crippen molar-refractivity contribution >= 4 is 21.7 Å². The molecule has 0 aliphatic carbocycles. The lowest BCUT2D eigenvalue weighted by atomic mass is 10.2. The molecule has 1 aromatic carbocycles. The molecule has 0 aliphatic rings. The summed E-state index contributed by atoms with van der Waals surface area (Å²) >= 11 is 3.43. The van der Waals surface area contributed by atoms with Gasteiger partial charge >= 0.3 is 0 Å². The molecule has 0 radical (unpaired) electrons. The second-order valence-electron chi connectivity index (χ2n) is 4.56. The van der Waals surface area contributed by atoms with Crippen molar-refractivity contribution in [2.24, 2.45) is 0 Å². The minimum absolute atomic E-state index is 0.219. The third-order valence-electron chi connectivity index (χ3n) is 2.53. The van der Waals surface area contributed by atoms with Crippen molar-refractivity contribution in [2.45, 2.75) is 26.4 Å². The predicted octanol–water partition coefficient (Wildman–Crippen LogP) is 3.52. The Bertz CT molecular complexity index is 572. The van der Waals surface area contributed by atoms with E-state index in [0.29, 0.717) is 24.1 Å². The number of halogens is 1. The van der Waals surface area contributed by atoms with Crippen LogP contribution >= 0.6 is 15.9 Å². The smallest absolute Gasteiger partial charge is 0.219 e. The minimum atomic E-state index is 0.219. The van der Waals surface area contributed by atoms with E-state index in [-0.39, 0.29) is 5.92 Å². The quantitative estimate of drug-likeness (QED) is 0.935. The van der Waals surface area contributed by atoms with Crippen LogP contribution in [-0.4, -0.2) is 9.97 Å². The standard InChI is InChI=1S/C14H16BrN3O/c1-9(2)14-17-12(16)7-13(18-14)19-8-10-4-3-5-11(15)6-10/h3-7,9H,8H2,1-2H3,(H2,16,17,18). The van der Waals surface area contributed by atoms with Crippen LogP contribution in [0.4, 0.5) is 5.82 Å². The second-order valence-corrected chi connectivity index (χ2v) is 5.48. The van der Waals surface area contributed by atoms with Crippen molar-refractivity contribution in [1.82, 2.24) is 9.97 Å². The van der Waals surface area contributed by atoms with Gasteiger partial charge in [-0.3, -0.25) is 0 Å². The molecular formula is C14H16BrN3O.